The van der Waals surface area contributed by atoms with Crippen LogP contribution in [0.25, 0.3) is 0 Å². The van der Waals surface area contributed by atoms with Gasteiger partial charge in [0.2, 0.25) is 0 Å². The van der Waals surface area contributed by atoms with E-state index in [1.165, 1.54) is 83.8 Å². The maximum Gasteiger partial charge on any atom is 0.00926 e. The third-order valence-corrected chi connectivity index (χ3v) is 4.88. The second kappa shape index (κ2) is 8.16. The van der Waals surface area contributed by atoms with Crippen LogP contribution in [0.2, 0.25) is 0 Å². The zero-order valence-corrected chi connectivity index (χ0v) is 12.3. The van der Waals surface area contributed by atoms with Crippen molar-refractivity contribution < 1.29 is 0 Å². The van der Waals surface area contributed by atoms with Gasteiger partial charge in [-0.25, -0.2) is 0 Å². The Morgan fingerprint density at radius 1 is 1.00 bits per heavy atom. The predicted octanol–water partition coefficient (Wildman–Crippen LogP) is 3.56. The highest BCUT2D eigenvalue weighted by molar-refractivity contribution is 4.76. The summed E-state index contributed by atoms with van der Waals surface area (Å²) in [6.45, 7) is 6.26. The summed E-state index contributed by atoms with van der Waals surface area (Å²) in [6, 6.07) is 1.72. The van der Waals surface area contributed by atoms with E-state index in [4.69, 9.17) is 0 Å². The number of rotatable bonds is 6. The molecule has 1 N–H and O–H groups in total. The molecular formula is C16H32N2. The van der Waals surface area contributed by atoms with Crippen LogP contribution in [0, 0.1) is 0 Å². The zero-order valence-electron chi connectivity index (χ0n) is 12.3. The highest BCUT2D eigenvalue weighted by atomic mass is 15.2. The van der Waals surface area contributed by atoms with E-state index in [2.05, 4.69) is 17.1 Å². The number of hydrogen-bond donors (Lipinski definition) is 1. The lowest BCUT2D eigenvalue weighted by Gasteiger charge is -2.29. The predicted molar refractivity (Wildman–Crippen MR) is 79.0 cm³/mol. The first kappa shape index (κ1) is 14.3. The molecule has 0 amide bonds. The summed E-state index contributed by atoms with van der Waals surface area (Å²) in [5.74, 6) is 0. The second-order valence-electron chi connectivity index (χ2n) is 6.24. The van der Waals surface area contributed by atoms with E-state index in [1.54, 1.807) is 0 Å². The maximum absolute atomic E-state index is 3.74. The van der Waals surface area contributed by atoms with Gasteiger partial charge in [-0.2, -0.15) is 0 Å². The van der Waals surface area contributed by atoms with Crippen molar-refractivity contribution in [3.05, 3.63) is 0 Å². The topological polar surface area (TPSA) is 15.3 Å². The molecule has 1 aliphatic heterocycles. The Morgan fingerprint density at radius 3 is 2.56 bits per heavy atom. The van der Waals surface area contributed by atoms with Gasteiger partial charge in [0.1, 0.15) is 0 Å². The van der Waals surface area contributed by atoms with Crippen molar-refractivity contribution in [2.24, 2.45) is 0 Å². The molecule has 106 valence electrons. The van der Waals surface area contributed by atoms with E-state index >= 15 is 0 Å². The molecule has 0 aromatic rings. The second-order valence-corrected chi connectivity index (χ2v) is 6.24. The van der Waals surface area contributed by atoms with Gasteiger partial charge in [-0.3, -0.25) is 0 Å². The zero-order chi connectivity index (χ0) is 12.6. The van der Waals surface area contributed by atoms with E-state index in [9.17, 15) is 0 Å². The van der Waals surface area contributed by atoms with Crippen LogP contribution in [0.5, 0.6) is 0 Å². The van der Waals surface area contributed by atoms with Crippen LogP contribution in [0.1, 0.15) is 71.1 Å². The van der Waals surface area contributed by atoms with Crippen molar-refractivity contribution in [3.8, 4) is 0 Å². The maximum atomic E-state index is 3.74. The molecule has 0 bridgehead atoms. The Hall–Kier alpha value is -0.0800. The molecule has 1 heterocycles. The molecule has 1 saturated heterocycles. The van der Waals surface area contributed by atoms with Gasteiger partial charge in [-0.15, -0.1) is 0 Å². The Kier molecular flexibility index (Phi) is 6.50. The number of nitrogens with one attached hydrogen (secondary N) is 1. The molecule has 0 aromatic carbocycles. The fraction of sp³-hybridized carbons (Fsp3) is 1.00. The van der Waals surface area contributed by atoms with Crippen LogP contribution in [-0.2, 0) is 0 Å². The standard InChI is InChI=1S/C16H32N2/c1-2-16-11-4-3-7-13-18(16)14-8-12-17-15-9-5-6-10-15/h15-17H,2-14H2,1H3. The highest BCUT2D eigenvalue weighted by Gasteiger charge is 2.19. The lowest BCUT2D eigenvalue weighted by molar-refractivity contribution is 0.191. The van der Waals surface area contributed by atoms with Crippen molar-refractivity contribution in [3.63, 3.8) is 0 Å². The van der Waals surface area contributed by atoms with Crippen LogP contribution < -0.4 is 5.32 Å². The van der Waals surface area contributed by atoms with Gasteiger partial charge in [0.25, 0.3) is 0 Å². The molecule has 1 aliphatic carbocycles. The van der Waals surface area contributed by atoms with Gasteiger partial charge < -0.3 is 10.2 Å². The van der Waals surface area contributed by atoms with Gasteiger partial charge >= 0.3 is 0 Å². The van der Waals surface area contributed by atoms with E-state index in [0.29, 0.717) is 0 Å². The average Bonchev–Trinajstić information content (AvgIpc) is 2.80. The van der Waals surface area contributed by atoms with Gasteiger partial charge in [0, 0.05) is 12.1 Å². The van der Waals surface area contributed by atoms with Crippen LogP contribution in [0.15, 0.2) is 0 Å². The van der Waals surface area contributed by atoms with Crippen molar-refractivity contribution in [1.82, 2.24) is 10.2 Å². The molecule has 0 spiro atoms. The first-order chi connectivity index (χ1) is 8.90. The third kappa shape index (κ3) is 4.55. The van der Waals surface area contributed by atoms with Gasteiger partial charge in [0.15, 0.2) is 0 Å². The molecule has 1 unspecified atom stereocenters. The average molecular weight is 252 g/mol. The molecule has 2 heteroatoms. The summed E-state index contributed by atoms with van der Waals surface area (Å²) < 4.78 is 0. The minimum atomic E-state index is 0.844. The smallest absolute Gasteiger partial charge is 0.00926 e. The van der Waals surface area contributed by atoms with Crippen LogP contribution >= 0.6 is 0 Å². The SMILES string of the molecule is CCC1CCCCCN1CCCNC1CCCC1. The van der Waals surface area contributed by atoms with Crippen LogP contribution in [0.4, 0.5) is 0 Å². The number of likely N-dealkylation sites (tertiary alicyclic amines) is 1. The van der Waals surface area contributed by atoms with E-state index in [1.807, 2.05) is 0 Å². The Labute approximate surface area is 114 Å². The minimum absolute atomic E-state index is 0.844. The summed E-state index contributed by atoms with van der Waals surface area (Å²) in [6.07, 6.45) is 14.2. The summed E-state index contributed by atoms with van der Waals surface area (Å²) in [4.78, 5) is 2.77. The first-order valence-corrected chi connectivity index (χ1v) is 8.37. The van der Waals surface area contributed by atoms with Crippen molar-refractivity contribution in [2.45, 2.75) is 83.2 Å². The van der Waals surface area contributed by atoms with Crippen molar-refractivity contribution >= 4 is 0 Å². The normalized spacial score (nSPS) is 27.5. The largest absolute Gasteiger partial charge is 0.314 e. The highest BCUT2D eigenvalue weighted by Crippen LogP contribution is 2.20. The van der Waals surface area contributed by atoms with Gasteiger partial charge in [-0.05, 0) is 58.2 Å². The molecular weight excluding hydrogens is 220 g/mol. The van der Waals surface area contributed by atoms with E-state index < -0.39 is 0 Å². The number of nitrogens with zero attached hydrogens (tertiary/aromatic N) is 1. The van der Waals surface area contributed by atoms with Gasteiger partial charge in [-0.1, -0.05) is 32.6 Å². The van der Waals surface area contributed by atoms with Crippen LogP contribution in [0.3, 0.4) is 0 Å². The molecule has 0 radical (unpaired) electrons. The molecule has 0 aromatic heterocycles. The lowest BCUT2D eigenvalue weighted by atomic mass is 10.1. The Balaban J connectivity index is 1.61. The van der Waals surface area contributed by atoms with Crippen molar-refractivity contribution in [1.29, 1.82) is 0 Å². The van der Waals surface area contributed by atoms with E-state index in [-0.39, 0.29) is 0 Å². The molecule has 2 aliphatic rings. The Morgan fingerprint density at radius 2 is 1.78 bits per heavy atom. The van der Waals surface area contributed by atoms with Gasteiger partial charge in [0.05, 0.1) is 0 Å². The molecule has 1 atom stereocenters. The molecule has 2 fully saturated rings. The molecule has 1 saturated carbocycles. The summed E-state index contributed by atoms with van der Waals surface area (Å²) in [7, 11) is 0. The van der Waals surface area contributed by atoms with E-state index in [0.717, 1.165) is 12.1 Å². The van der Waals surface area contributed by atoms with Crippen LogP contribution in [-0.4, -0.2) is 36.6 Å². The summed E-state index contributed by atoms with van der Waals surface area (Å²) in [5, 5.41) is 3.74. The monoisotopic (exact) mass is 252 g/mol. The fourth-order valence-corrected chi connectivity index (χ4v) is 3.71. The Bertz CT molecular complexity index is 211. The summed E-state index contributed by atoms with van der Waals surface area (Å²) in [5.41, 5.74) is 0. The number of hydrogen-bond acceptors (Lipinski definition) is 2. The molecule has 2 rings (SSSR count). The lowest BCUT2D eigenvalue weighted by Crippen LogP contribution is -2.37. The molecule has 2 nitrogen and oxygen atoms in total. The minimum Gasteiger partial charge on any atom is -0.314 e. The fourth-order valence-electron chi connectivity index (χ4n) is 3.71. The third-order valence-electron chi connectivity index (χ3n) is 4.88. The summed E-state index contributed by atoms with van der Waals surface area (Å²) >= 11 is 0. The quantitative estimate of drug-likeness (QED) is 0.727. The molecule has 18 heavy (non-hydrogen) atoms. The van der Waals surface area contributed by atoms with Crippen molar-refractivity contribution in [2.75, 3.05) is 19.6 Å². The first-order valence-electron chi connectivity index (χ1n) is 8.37.